The highest BCUT2D eigenvalue weighted by atomic mass is 16.5. The van der Waals surface area contributed by atoms with Gasteiger partial charge in [0, 0.05) is 18.5 Å². The summed E-state index contributed by atoms with van der Waals surface area (Å²) < 4.78 is 5.17. The van der Waals surface area contributed by atoms with Crippen LogP contribution in [0.3, 0.4) is 0 Å². The van der Waals surface area contributed by atoms with Crippen molar-refractivity contribution in [1.29, 1.82) is 0 Å². The van der Waals surface area contributed by atoms with E-state index in [0.717, 1.165) is 19.8 Å². The molecular formula is C12H17NO. The number of hydrogen-bond donors (Lipinski definition) is 1. The van der Waals surface area contributed by atoms with Crippen molar-refractivity contribution >= 4 is 0 Å². The van der Waals surface area contributed by atoms with Gasteiger partial charge in [-0.1, -0.05) is 30.3 Å². The third-order valence-corrected chi connectivity index (χ3v) is 2.84. The van der Waals surface area contributed by atoms with Crippen LogP contribution in [-0.4, -0.2) is 19.3 Å². The molecule has 1 aliphatic heterocycles. The van der Waals surface area contributed by atoms with Gasteiger partial charge in [-0.25, -0.2) is 0 Å². The van der Waals surface area contributed by atoms with E-state index in [2.05, 4.69) is 36.5 Å². The molecule has 1 heterocycles. The first kappa shape index (κ1) is 9.69. The second kappa shape index (κ2) is 4.58. The Morgan fingerprint density at radius 1 is 1.36 bits per heavy atom. The molecule has 0 unspecified atom stereocenters. The maximum atomic E-state index is 5.17. The fraction of sp³-hybridized carbons (Fsp3) is 0.500. The molecule has 1 aromatic rings. The zero-order valence-corrected chi connectivity index (χ0v) is 8.57. The van der Waals surface area contributed by atoms with Gasteiger partial charge in [-0.05, 0) is 12.5 Å². The van der Waals surface area contributed by atoms with Gasteiger partial charge < -0.3 is 10.1 Å². The summed E-state index contributed by atoms with van der Waals surface area (Å²) in [6.45, 7) is 5.03. The smallest absolute Gasteiger partial charge is 0.0531 e. The molecule has 1 atom stereocenters. The molecule has 1 saturated heterocycles. The van der Waals surface area contributed by atoms with Crippen LogP contribution < -0.4 is 5.32 Å². The summed E-state index contributed by atoms with van der Waals surface area (Å²) in [7, 11) is 0. The number of benzene rings is 1. The molecule has 1 N–H and O–H groups in total. The van der Waals surface area contributed by atoms with E-state index in [1.54, 1.807) is 0 Å². The molecule has 0 saturated carbocycles. The van der Waals surface area contributed by atoms with Crippen molar-refractivity contribution in [3.8, 4) is 0 Å². The molecule has 0 radical (unpaired) electrons. The Balaban J connectivity index is 1.76. The fourth-order valence-electron chi connectivity index (χ4n) is 1.58. The lowest BCUT2D eigenvalue weighted by Crippen LogP contribution is -2.43. The predicted molar refractivity (Wildman–Crippen MR) is 57.1 cm³/mol. The van der Waals surface area contributed by atoms with E-state index in [-0.39, 0.29) is 0 Å². The summed E-state index contributed by atoms with van der Waals surface area (Å²) in [5, 5.41) is 3.52. The average molecular weight is 191 g/mol. The van der Waals surface area contributed by atoms with Gasteiger partial charge in [0.15, 0.2) is 0 Å². The Morgan fingerprint density at radius 3 is 2.64 bits per heavy atom. The third kappa shape index (κ3) is 2.34. The van der Waals surface area contributed by atoms with E-state index >= 15 is 0 Å². The van der Waals surface area contributed by atoms with Crippen LogP contribution in [-0.2, 0) is 11.3 Å². The average Bonchev–Trinajstić information content (AvgIpc) is 2.14. The van der Waals surface area contributed by atoms with Crippen LogP contribution in [0.25, 0.3) is 0 Å². The van der Waals surface area contributed by atoms with Crippen LogP contribution in [0.4, 0.5) is 0 Å². The highest BCUT2D eigenvalue weighted by Gasteiger charge is 2.24. The second-order valence-corrected chi connectivity index (χ2v) is 3.95. The SMILES string of the molecule is C[C@@H](NCc1ccccc1)C1COC1. The van der Waals surface area contributed by atoms with Gasteiger partial charge in [0.1, 0.15) is 0 Å². The molecule has 0 bridgehead atoms. The van der Waals surface area contributed by atoms with Crippen LogP contribution in [0.5, 0.6) is 0 Å². The Kier molecular flexibility index (Phi) is 3.17. The minimum absolute atomic E-state index is 0.559. The van der Waals surface area contributed by atoms with E-state index in [1.807, 2.05) is 6.07 Å². The quantitative estimate of drug-likeness (QED) is 0.783. The van der Waals surface area contributed by atoms with E-state index in [1.165, 1.54) is 5.56 Å². The van der Waals surface area contributed by atoms with Gasteiger partial charge in [-0.2, -0.15) is 0 Å². The Morgan fingerprint density at radius 2 is 2.07 bits per heavy atom. The van der Waals surface area contributed by atoms with Crippen LogP contribution in [0, 0.1) is 5.92 Å². The molecule has 1 aliphatic rings. The first-order valence-electron chi connectivity index (χ1n) is 5.21. The predicted octanol–water partition coefficient (Wildman–Crippen LogP) is 1.81. The lowest BCUT2D eigenvalue weighted by molar-refractivity contribution is -0.0468. The van der Waals surface area contributed by atoms with Crippen LogP contribution in [0.1, 0.15) is 12.5 Å². The molecule has 1 fully saturated rings. The number of hydrogen-bond acceptors (Lipinski definition) is 2. The second-order valence-electron chi connectivity index (χ2n) is 3.95. The molecule has 0 spiro atoms. The molecule has 76 valence electrons. The molecule has 0 amide bonds. The van der Waals surface area contributed by atoms with Gasteiger partial charge in [0.05, 0.1) is 13.2 Å². The number of rotatable bonds is 4. The summed E-state index contributed by atoms with van der Waals surface area (Å²) >= 11 is 0. The van der Waals surface area contributed by atoms with Crippen LogP contribution in [0.15, 0.2) is 30.3 Å². The molecule has 0 aromatic heterocycles. The number of ether oxygens (including phenoxy) is 1. The summed E-state index contributed by atoms with van der Waals surface area (Å²) in [6, 6.07) is 11.1. The third-order valence-electron chi connectivity index (χ3n) is 2.84. The molecule has 2 heteroatoms. The van der Waals surface area contributed by atoms with Gasteiger partial charge in [-0.3, -0.25) is 0 Å². The maximum Gasteiger partial charge on any atom is 0.0531 e. The van der Waals surface area contributed by atoms with Gasteiger partial charge in [-0.15, -0.1) is 0 Å². The number of nitrogens with one attached hydrogen (secondary N) is 1. The molecular weight excluding hydrogens is 174 g/mol. The Hall–Kier alpha value is -0.860. The highest BCUT2D eigenvalue weighted by molar-refractivity contribution is 5.14. The normalized spacial score (nSPS) is 18.9. The zero-order chi connectivity index (χ0) is 9.80. The maximum absolute atomic E-state index is 5.17. The molecule has 0 aliphatic carbocycles. The van der Waals surface area contributed by atoms with Crippen molar-refractivity contribution in [3.05, 3.63) is 35.9 Å². The summed E-state index contributed by atoms with van der Waals surface area (Å²) in [6.07, 6.45) is 0. The van der Waals surface area contributed by atoms with Gasteiger partial charge in [0.25, 0.3) is 0 Å². The summed E-state index contributed by atoms with van der Waals surface area (Å²) in [5.41, 5.74) is 1.35. The molecule has 2 nitrogen and oxygen atoms in total. The van der Waals surface area contributed by atoms with Gasteiger partial charge >= 0.3 is 0 Å². The minimum atomic E-state index is 0.559. The van der Waals surface area contributed by atoms with E-state index in [4.69, 9.17) is 4.74 Å². The first-order valence-corrected chi connectivity index (χ1v) is 5.21. The van der Waals surface area contributed by atoms with Crippen molar-refractivity contribution in [2.75, 3.05) is 13.2 Å². The van der Waals surface area contributed by atoms with Crippen molar-refractivity contribution in [3.63, 3.8) is 0 Å². The van der Waals surface area contributed by atoms with E-state index in [0.29, 0.717) is 12.0 Å². The van der Waals surface area contributed by atoms with Crippen LogP contribution in [0.2, 0.25) is 0 Å². The molecule has 2 rings (SSSR count). The monoisotopic (exact) mass is 191 g/mol. The summed E-state index contributed by atoms with van der Waals surface area (Å²) in [4.78, 5) is 0. The minimum Gasteiger partial charge on any atom is -0.381 e. The van der Waals surface area contributed by atoms with Crippen molar-refractivity contribution < 1.29 is 4.74 Å². The Bertz CT molecular complexity index is 269. The molecule has 1 aromatic carbocycles. The highest BCUT2D eigenvalue weighted by Crippen LogP contribution is 2.14. The summed E-state index contributed by atoms with van der Waals surface area (Å²) in [5.74, 6) is 0.707. The van der Waals surface area contributed by atoms with Crippen LogP contribution >= 0.6 is 0 Å². The zero-order valence-electron chi connectivity index (χ0n) is 8.57. The first-order chi connectivity index (χ1) is 6.86. The van der Waals surface area contributed by atoms with Crippen molar-refractivity contribution in [2.24, 2.45) is 5.92 Å². The topological polar surface area (TPSA) is 21.3 Å². The standard InChI is InChI=1S/C12H17NO/c1-10(12-8-14-9-12)13-7-11-5-3-2-4-6-11/h2-6,10,12-13H,7-9H2,1H3/t10-/m1/s1. The van der Waals surface area contributed by atoms with Crippen molar-refractivity contribution in [2.45, 2.75) is 19.5 Å². The lowest BCUT2D eigenvalue weighted by Gasteiger charge is -2.32. The van der Waals surface area contributed by atoms with E-state index in [9.17, 15) is 0 Å². The lowest BCUT2D eigenvalue weighted by atomic mass is 9.99. The van der Waals surface area contributed by atoms with Crippen molar-refractivity contribution in [1.82, 2.24) is 5.32 Å². The van der Waals surface area contributed by atoms with E-state index < -0.39 is 0 Å². The largest absolute Gasteiger partial charge is 0.381 e. The fourth-order valence-corrected chi connectivity index (χ4v) is 1.58. The molecule has 14 heavy (non-hydrogen) atoms. The van der Waals surface area contributed by atoms with Gasteiger partial charge in [0.2, 0.25) is 0 Å². The Labute approximate surface area is 85.3 Å².